The van der Waals surface area contributed by atoms with E-state index in [1.54, 1.807) is 12.5 Å². The second-order valence-electron chi connectivity index (χ2n) is 3.54. The number of H-pyrrole nitrogens is 1. The summed E-state index contributed by atoms with van der Waals surface area (Å²) >= 11 is 0. The number of nitrogens with zero attached hydrogens (tertiary/aromatic N) is 2. The highest BCUT2D eigenvalue weighted by Gasteiger charge is 2.03. The summed E-state index contributed by atoms with van der Waals surface area (Å²) in [4.78, 5) is 11.3. The summed E-state index contributed by atoms with van der Waals surface area (Å²) in [5, 5.41) is 3.25. The fourth-order valence-electron chi connectivity index (χ4n) is 1.53. The van der Waals surface area contributed by atoms with Crippen molar-refractivity contribution in [3.63, 3.8) is 0 Å². The molecule has 0 saturated carbocycles. The van der Waals surface area contributed by atoms with Crippen LogP contribution in [0.1, 0.15) is 12.6 Å². The van der Waals surface area contributed by atoms with E-state index in [9.17, 15) is 0 Å². The smallest absolute Gasteiger partial charge is 0.168 e. The minimum Gasteiger partial charge on any atom is -0.490 e. The van der Waals surface area contributed by atoms with Gasteiger partial charge in [-0.25, -0.2) is 9.97 Å². The molecule has 2 aromatic rings. The number of hydrogen-bond donors (Lipinski definition) is 2. The normalized spacial score (nSPS) is 10.2. The SMILES string of the molecule is CCOc1cccnc1NCCc1cnc[nH]1. The Hall–Kier alpha value is -2.04. The van der Waals surface area contributed by atoms with E-state index < -0.39 is 0 Å². The van der Waals surface area contributed by atoms with Crippen LogP contribution in [0, 0.1) is 0 Å². The molecule has 0 aliphatic rings. The van der Waals surface area contributed by atoms with Gasteiger partial charge in [0.05, 0.1) is 12.9 Å². The molecular weight excluding hydrogens is 216 g/mol. The summed E-state index contributed by atoms with van der Waals surface area (Å²) in [7, 11) is 0. The van der Waals surface area contributed by atoms with Crippen LogP contribution in [0.5, 0.6) is 5.75 Å². The molecule has 0 aliphatic carbocycles. The third-order valence-electron chi connectivity index (χ3n) is 2.31. The van der Waals surface area contributed by atoms with Gasteiger partial charge >= 0.3 is 0 Å². The Bertz CT molecular complexity index is 442. The van der Waals surface area contributed by atoms with Crippen LogP contribution < -0.4 is 10.1 Å². The largest absolute Gasteiger partial charge is 0.490 e. The molecule has 0 fully saturated rings. The van der Waals surface area contributed by atoms with E-state index in [-0.39, 0.29) is 0 Å². The second-order valence-corrected chi connectivity index (χ2v) is 3.54. The Morgan fingerprint density at radius 2 is 2.41 bits per heavy atom. The van der Waals surface area contributed by atoms with Gasteiger partial charge in [0.25, 0.3) is 0 Å². The molecule has 0 aromatic carbocycles. The Kier molecular flexibility index (Phi) is 3.96. The number of nitrogens with one attached hydrogen (secondary N) is 2. The van der Waals surface area contributed by atoms with Crippen molar-refractivity contribution in [2.24, 2.45) is 0 Å². The monoisotopic (exact) mass is 232 g/mol. The Morgan fingerprint density at radius 1 is 1.47 bits per heavy atom. The number of pyridine rings is 1. The molecule has 2 aromatic heterocycles. The maximum atomic E-state index is 5.48. The van der Waals surface area contributed by atoms with Crippen molar-refractivity contribution in [3.05, 3.63) is 36.5 Å². The quantitative estimate of drug-likeness (QED) is 0.798. The lowest BCUT2D eigenvalue weighted by Gasteiger charge is -2.10. The maximum absolute atomic E-state index is 5.48. The van der Waals surface area contributed by atoms with Gasteiger partial charge in [0.1, 0.15) is 0 Å². The van der Waals surface area contributed by atoms with Crippen LogP contribution in [-0.4, -0.2) is 28.1 Å². The van der Waals surface area contributed by atoms with E-state index in [1.165, 1.54) is 0 Å². The van der Waals surface area contributed by atoms with E-state index in [0.29, 0.717) is 6.61 Å². The molecule has 0 saturated heterocycles. The van der Waals surface area contributed by atoms with E-state index in [2.05, 4.69) is 20.3 Å². The maximum Gasteiger partial charge on any atom is 0.168 e. The number of aromatic nitrogens is 3. The third kappa shape index (κ3) is 3.21. The molecule has 5 nitrogen and oxygen atoms in total. The molecule has 0 aliphatic heterocycles. The molecule has 0 unspecified atom stereocenters. The lowest BCUT2D eigenvalue weighted by Crippen LogP contribution is -2.08. The van der Waals surface area contributed by atoms with Crippen LogP contribution in [0.15, 0.2) is 30.9 Å². The Morgan fingerprint density at radius 3 is 3.18 bits per heavy atom. The first-order chi connectivity index (χ1) is 8.40. The van der Waals surface area contributed by atoms with Gasteiger partial charge in [-0.2, -0.15) is 0 Å². The van der Waals surface area contributed by atoms with Gasteiger partial charge < -0.3 is 15.0 Å². The van der Waals surface area contributed by atoms with E-state index >= 15 is 0 Å². The first-order valence-corrected chi connectivity index (χ1v) is 5.69. The molecule has 0 amide bonds. The van der Waals surface area contributed by atoms with Gasteiger partial charge in [-0.05, 0) is 19.1 Å². The highest BCUT2D eigenvalue weighted by molar-refractivity contribution is 5.49. The Labute approximate surface area is 100 Å². The van der Waals surface area contributed by atoms with Crippen LogP contribution in [0.2, 0.25) is 0 Å². The zero-order valence-electron chi connectivity index (χ0n) is 9.81. The second kappa shape index (κ2) is 5.89. The van der Waals surface area contributed by atoms with Crippen LogP contribution >= 0.6 is 0 Å². The summed E-state index contributed by atoms with van der Waals surface area (Å²) in [6, 6.07) is 3.78. The highest BCUT2D eigenvalue weighted by atomic mass is 16.5. The molecule has 90 valence electrons. The summed E-state index contributed by atoms with van der Waals surface area (Å²) in [6.07, 6.45) is 6.13. The van der Waals surface area contributed by atoms with Crippen LogP contribution in [-0.2, 0) is 6.42 Å². The minimum absolute atomic E-state index is 0.640. The summed E-state index contributed by atoms with van der Waals surface area (Å²) < 4.78 is 5.48. The zero-order valence-corrected chi connectivity index (χ0v) is 9.81. The van der Waals surface area contributed by atoms with Gasteiger partial charge in [-0.1, -0.05) is 0 Å². The summed E-state index contributed by atoms with van der Waals surface area (Å²) in [5.74, 6) is 1.58. The molecule has 0 atom stereocenters. The fourth-order valence-corrected chi connectivity index (χ4v) is 1.53. The van der Waals surface area contributed by atoms with E-state index in [4.69, 9.17) is 4.74 Å². The number of rotatable bonds is 6. The van der Waals surface area contributed by atoms with Gasteiger partial charge in [0, 0.05) is 31.1 Å². The number of aromatic amines is 1. The molecule has 17 heavy (non-hydrogen) atoms. The van der Waals surface area contributed by atoms with Crippen molar-refractivity contribution in [2.45, 2.75) is 13.3 Å². The molecule has 5 heteroatoms. The van der Waals surface area contributed by atoms with Crippen molar-refractivity contribution in [3.8, 4) is 5.75 Å². The molecule has 0 spiro atoms. The molecule has 2 N–H and O–H groups in total. The molecule has 0 radical (unpaired) electrons. The number of ether oxygens (including phenoxy) is 1. The van der Waals surface area contributed by atoms with E-state index in [1.807, 2.05) is 25.3 Å². The van der Waals surface area contributed by atoms with Gasteiger partial charge in [0.2, 0.25) is 0 Å². The highest BCUT2D eigenvalue weighted by Crippen LogP contribution is 2.20. The molecular formula is C12H16N4O. The van der Waals surface area contributed by atoms with Crippen molar-refractivity contribution in [1.82, 2.24) is 15.0 Å². The zero-order chi connectivity index (χ0) is 11.9. The Balaban J connectivity index is 1.89. The van der Waals surface area contributed by atoms with E-state index in [0.717, 1.165) is 30.2 Å². The average molecular weight is 232 g/mol. The van der Waals surface area contributed by atoms with Crippen molar-refractivity contribution in [2.75, 3.05) is 18.5 Å². The van der Waals surface area contributed by atoms with Gasteiger partial charge in [0.15, 0.2) is 11.6 Å². The molecule has 2 rings (SSSR count). The minimum atomic E-state index is 0.640. The average Bonchev–Trinajstić information content (AvgIpc) is 2.85. The lowest BCUT2D eigenvalue weighted by atomic mass is 10.3. The van der Waals surface area contributed by atoms with Crippen LogP contribution in [0.3, 0.4) is 0 Å². The van der Waals surface area contributed by atoms with Crippen molar-refractivity contribution >= 4 is 5.82 Å². The standard InChI is InChI=1S/C12H16N4O/c1-2-17-11-4-3-6-14-12(11)15-7-5-10-8-13-9-16-10/h3-4,6,8-9H,2,5,7H2,1H3,(H,13,16)(H,14,15). The fraction of sp³-hybridized carbons (Fsp3) is 0.333. The number of hydrogen-bond acceptors (Lipinski definition) is 4. The number of anilines is 1. The van der Waals surface area contributed by atoms with Crippen molar-refractivity contribution in [1.29, 1.82) is 0 Å². The van der Waals surface area contributed by atoms with Gasteiger partial charge in [-0.15, -0.1) is 0 Å². The first kappa shape index (κ1) is 11.4. The predicted octanol–water partition coefficient (Wildman–Crippen LogP) is 1.86. The third-order valence-corrected chi connectivity index (χ3v) is 2.31. The molecule has 0 bridgehead atoms. The predicted molar refractivity (Wildman–Crippen MR) is 66.2 cm³/mol. The summed E-state index contributed by atoms with van der Waals surface area (Å²) in [6.45, 7) is 3.39. The van der Waals surface area contributed by atoms with Crippen LogP contribution in [0.4, 0.5) is 5.82 Å². The summed E-state index contributed by atoms with van der Waals surface area (Å²) in [5.41, 5.74) is 1.10. The van der Waals surface area contributed by atoms with Gasteiger partial charge in [-0.3, -0.25) is 0 Å². The topological polar surface area (TPSA) is 62.8 Å². The molecule has 2 heterocycles. The van der Waals surface area contributed by atoms with Crippen LogP contribution in [0.25, 0.3) is 0 Å². The number of imidazole rings is 1. The van der Waals surface area contributed by atoms with Crippen molar-refractivity contribution < 1.29 is 4.74 Å². The first-order valence-electron chi connectivity index (χ1n) is 5.69. The lowest BCUT2D eigenvalue weighted by molar-refractivity contribution is 0.340.